The first-order valence-electron chi connectivity index (χ1n) is 9.93. The van der Waals surface area contributed by atoms with Gasteiger partial charge in [-0.2, -0.15) is 0 Å². The molecule has 0 heterocycles. The zero-order valence-corrected chi connectivity index (χ0v) is 19.7. The Bertz CT molecular complexity index is 817. The number of ether oxygens (including phenoxy) is 1. The van der Waals surface area contributed by atoms with Gasteiger partial charge in [0.15, 0.2) is 5.78 Å². The molecule has 0 radical (unpaired) electrons. The molecule has 0 aliphatic rings. The van der Waals surface area contributed by atoms with E-state index in [0.29, 0.717) is 0 Å². The van der Waals surface area contributed by atoms with Crippen molar-refractivity contribution in [1.82, 2.24) is 16.0 Å². The van der Waals surface area contributed by atoms with E-state index in [0.717, 1.165) is 5.56 Å². The van der Waals surface area contributed by atoms with Gasteiger partial charge in [-0.25, -0.2) is 4.79 Å². The Morgan fingerprint density at radius 1 is 0.969 bits per heavy atom. The second-order valence-corrected chi connectivity index (χ2v) is 7.98. The molecule has 10 nitrogen and oxygen atoms in total. The van der Waals surface area contributed by atoms with Crippen LogP contribution in [0.5, 0.6) is 0 Å². The zero-order chi connectivity index (χ0) is 24.3. The highest BCUT2D eigenvalue weighted by Gasteiger charge is 2.29. The van der Waals surface area contributed by atoms with Crippen molar-refractivity contribution in [2.45, 2.75) is 51.9 Å². The molecule has 0 aliphatic carbocycles. The summed E-state index contributed by atoms with van der Waals surface area (Å²) in [7, 11) is 0. The van der Waals surface area contributed by atoms with Crippen molar-refractivity contribution in [2.24, 2.45) is 5.92 Å². The molecule has 0 aliphatic heterocycles. The number of amides is 3. The van der Waals surface area contributed by atoms with E-state index in [1.807, 2.05) is 6.07 Å². The minimum Gasteiger partial charge on any atom is -0.481 e. The number of ketones is 1. The maximum absolute atomic E-state index is 12.6. The Kier molecular flexibility index (Phi) is 11.4. The number of Topliss-reactive ketones (excluding diaryl/α,β-unsaturated/α-hetero) is 1. The molecule has 32 heavy (non-hydrogen) atoms. The molecule has 0 saturated carbocycles. The Morgan fingerprint density at radius 2 is 1.59 bits per heavy atom. The molecule has 4 N–H and O–H groups in total. The van der Waals surface area contributed by atoms with Crippen LogP contribution >= 0.6 is 15.9 Å². The predicted molar refractivity (Wildman–Crippen MR) is 119 cm³/mol. The van der Waals surface area contributed by atoms with Crippen molar-refractivity contribution in [3.63, 3.8) is 0 Å². The number of hydrogen-bond acceptors (Lipinski definition) is 6. The summed E-state index contributed by atoms with van der Waals surface area (Å²) in [4.78, 5) is 59.9. The van der Waals surface area contributed by atoms with Crippen LogP contribution in [0.25, 0.3) is 0 Å². The van der Waals surface area contributed by atoms with Crippen LogP contribution in [0.1, 0.15) is 32.8 Å². The fraction of sp³-hybridized carbons (Fsp3) is 0.476. The Hall–Kier alpha value is -2.95. The van der Waals surface area contributed by atoms with Crippen LogP contribution in [-0.2, 0) is 30.5 Å². The molecule has 3 amide bonds. The Morgan fingerprint density at radius 3 is 2.12 bits per heavy atom. The van der Waals surface area contributed by atoms with E-state index in [4.69, 9.17) is 9.84 Å². The van der Waals surface area contributed by atoms with Crippen LogP contribution in [0.4, 0.5) is 4.79 Å². The highest BCUT2D eigenvalue weighted by atomic mass is 79.9. The third kappa shape index (κ3) is 9.46. The van der Waals surface area contributed by atoms with Gasteiger partial charge in [-0.15, -0.1) is 0 Å². The molecular formula is C21H28BrN3O7. The van der Waals surface area contributed by atoms with E-state index >= 15 is 0 Å². The van der Waals surface area contributed by atoms with Gasteiger partial charge in [-0.3, -0.25) is 19.2 Å². The Balaban J connectivity index is 2.67. The first-order valence-corrected chi connectivity index (χ1v) is 11.1. The first-order chi connectivity index (χ1) is 15.0. The smallest absolute Gasteiger partial charge is 0.408 e. The van der Waals surface area contributed by atoms with Crippen molar-refractivity contribution in [1.29, 1.82) is 0 Å². The van der Waals surface area contributed by atoms with Crippen molar-refractivity contribution >= 4 is 45.6 Å². The summed E-state index contributed by atoms with van der Waals surface area (Å²) in [5.74, 6) is -3.43. The molecule has 0 saturated heterocycles. The highest BCUT2D eigenvalue weighted by Crippen LogP contribution is 2.06. The van der Waals surface area contributed by atoms with Crippen LogP contribution in [0.15, 0.2) is 30.3 Å². The molecule has 3 unspecified atom stereocenters. The van der Waals surface area contributed by atoms with Gasteiger partial charge in [0.25, 0.3) is 0 Å². The number of rotatable bonds is 12. The van der Waals surface area contributed by atoms with Gasteiger partial charge in [0.1, 0.15) is 18.7 Å². The van der Waals surface area contributed by atoms with Gasteiger partial charge in [0.05, 0.1) is 17.8 Å². The molecule has 0 spiro atoms. The number of alkyl halides is 1. The van der Waals surface area contributed by atoms with Gasteiger partial charge >= 0.3 is 12.1 Å². The summed E-state index contributed by atoms with van der Waals surface area (Å²) in [6.45, 7) is 4.84. The highest BCUT2D eigenvalue weighted by molar-refractivity contribution is 9.09. The van der Waals surface area contributed by atoms with E-state index in [9.17, 15) is 24.0 Å². The maximum atomic E-state index is 12.6. The first kappa shape index (κ1) is 27.1. The van der Waals surface area contributed by atoms with Gasteiger partial charge in [0.2, 0.25) is 11.8 Å². The molecule has 1 aromatic carbocycles. The third-order valence-electron chi connectivity index (χ3n) is 4.40. The van der Waals surface area contributed by atoms with E-state index < -0.39 is 54.2 Å². The summed E-state index contributed by atoms with van der Waals surface area (Å²) in [6.07, 6.45) is -1.37. The molecule has 11 heteroatoms. The topological polar surface area (TPSA) is 151 Å². The second kappa shape index (κ2) is 13.5. The zero-order valence-electron chi connectivity index (χ0n) is 18.1. The lowest BCUT2D eigenvalue weighted by molar-refractivity contribution is -0.140. The summed E-state index contributed by atoms with van der Waals surface area (Å²) >= 11 is 2.94. The number of hydrogen-bond donors (Lipinski definition) is 4. The lowest BCUT2D eigenvalue weighted by atomic mass is 10.0. The molecule has 3 atom stereocenters. The quantitative estimate of drug-likeness (QED) is 0.308. The molecule has 1 rings (SSSR count). The van der Waals surface area contributed by atoms with Crippen LogP contribution < -0.4 is 16.0 Å². The normalized spacial score (nSPS) is 13.4. The fourth-order valence-corrected chi connectivity index (χ4v) is 3.00. The average molecular weight is 514 g/mol. The minimum atomic E-state index is -1.25. The van der Waals surface area contributed by atoms with E-state index in [2.05, 4.69) is 31.9 Å². The average Bonchev–Trinajstić information content (AvgIpc) is 2.74. The van der Waals surface area contributed by atoms with Crippen molar-refractivity contribution in [2.75, 3.05) is 5.33 Å². The molecule has 0 bridgehead atoms. The molecule has 1 aromatic rings. The van der Waals surface area contributed by atoms with Crippen molar-refractivity contribution in [3.8, 4) is 0 Å². The van der Waals surface area contributed by atoms with E-state index in [-0.39, 0.29) is 17.9 Å². The van der Waals surface area contributed by atoms with Crippen LogP contribution in [0.2, 0.25) is 0 Å². The number of alkyl carbamates (subject to hydrolysis) is 1. The lowest BCUT2D eigenvalue weighted by Crippen LogP contribution is -2.56. The molecular weight excluding hydrogens is 486 g/mol. The SMILES string of the molecule is CC(NC(=O)C(NC(=O)OCc1ccccc1)C(C)C)C(=O)NC(CC(=O)O)C(=O)CBr. The second-order valence-electron chi connectivity index (χ2n) is 7.42. The van der Waals surface area contributed by atoms with Crippen LogP contribution in [0.3, 0.4) is 0 Å². The molecule has 0 fully saturated rings. The number of nitrogens with one attached hydrogen (secondary N) is 3. The molecule has 0 aromatic heterocycles. The number of carbonyl (C=O) groups excluding carboxylic acids is 4. The summed E-state index contributed by atoms with van der Waals surface area (Å²) < 4.78 is 5.13. The largest absolute Gasteiger partial charge is 0.481 e. The number of benzene rings is 1. The van der Waals surface area contributed by atoms with E-state index in [1.165, 1.54) is 6.92 Å². The summed E-state index contributed by atoms with van der Waals surface area (Å²) in [5, 5.41) is 16.1. The fourth-order valence-electron chi connectivity index (χ4n) is 2.61. The Labute approximate surface area is 194 Å². The lowest BCUT2D eigenvalue weighted by Gasteiger charge is -2.24. The minimum absolute atomic E-state index is 0.0322. The van der Waals surface area contributed by atoms with E-state index in [1.54, 1.807) is 38.1 Å². The standard InChI is InChI=1S/C21H28BrN3O7/c1-12(2)18(25-21(31)32-11-14-7-5-4-6-8-14)20(30)23-13(3)19(29)24-15(9-17(27)28)16(26)10-22/h4-8,12-13,15,18H,9-11H2,1-3H3,(H,23,30)(H,24,29)(H,25,31)(H,27,28). The van der Waals surface area contributed by atoms with Gasteiger partial charge in [-0.1, -0.05) is 60.1 Å². The summed E-state index contributed by atoms with van der Waals surface area (Å²) in [6, 6.07) is 5.74. The number of aliphatic carboxylic acids is 1. The summed E-state index contributed by atoms with van der Waals surface area (Å²) in [5.41, 5.74) is 0.785. The van der Waals surface area contributed by atoms with Gasteiger partial charge in [-0.05, 0) is 18.4 Å². The molecule has 176 valence electrons. The van der Waals surface area contributed by atoms with Crippen LogP contribution in [-0.4, -0.2) is 58.2 Å². The van der Waals surface area contributed by atoms with Crippen molar-refractivity contribution < 1.29 is 33.8 Å². The number of carboxylic acid groups (broad SMARTS) is 1. The number of carbonyl (C=O) groups is 5. The monoisotopic (exact) mass is 513 g/mol. The van der Waals surface area contributed by atoms with Crippen molar-refractivity contribution in [3.05, 3.63) is 35.9 Å². The van der Waals surface area contributed by atoms with Crippen LogP contribution in [0, 0.1) is 5.92 Å². The maximum Gasteiger partial charge on any atom is 0.408 e. The van der Waals surface area contributed by atoms with Gasteiger partial charge in [0, 0.05) is 0 Å². The third-order valence-corrected chi connectivity index (χ3v) is 4.96. The van der Waals surface area contributed by atoms with Gasteiger partial charge < -0.3 is 25.8 Å². The number of halogens is 1. The number of carboxylic acids is 1. The predicted octanol–water partition coefficient (Wildman–Crippen LogP) is 1.37.